The maximum atomic E-state index is 12.7. The van der Waals surface area contributed by atoms with Crippen molar-refractivity contribution in [2.75, 3.05) is 98.2 Å². The van der Waals surface area contributed by atoms with E-state index >= 15 is 0 Å². The van der Waals surface area contributed by atoms with Crippen molar-refractivity contribution in [3.8, 4) is 0 Å². The molecule has 2 heterocycles. The summed E-state index contributed by atoms with van der Waals surface area (Å²) in [5.74, 6) is -0.386. The normalized spacial score (nSPS) is 21.7. The zero-order chi connectivity index (χ0) is 23.7. The van der Waals surface area contributed by atoms with Crippen LogP contribution in [0.5, 0.6) is 0 Å². The van der Waals surface area contributed by atoms with E-state index in [1.54, 1.807) is 0 Å². The van der Waals surface area contributed by atoms with Crippen molar-refractivity contribution in [1.29, 1.82) is 0 Å². The molecule has 2 atom stereocenters. The second-order valence-electron chi connectivity index (χ2n) is 8.52. The fourth-order valence-corrected chi connectivity index (χ4v) is 4.13. The summed E-state index contributed by atoms with van der Waals surface area (Å²) in [4.78, 5) is 28.5. The van der Waals surface area contributed by atoms with Gasteiger partial charge in [-0.15, -0.1) is 0 Å². The molecule has 2 aliphatic heterocycles. The molecule has 0 aromatic heterocycles. The minimum absolute atomic E-state index is 0.125. The molecule has 2 unspecified atom stereocenters. The predicted molar refractivity (Wildman–Crippen MR) is 130 cm³/mol. The van der Waals surface area contributed by atoms with Crippen LogP contribution in [0.2, 0.25) is 0 Å². The van der Waals surface area contributed by atoms with Gasteiger partial charge in [-0.1, -0.05) is 6.58 Å². The number of β-amino-alcohol motifs (C(OH)–C–C–N with tert-alkyl or cyclic N) is 1. The Labute approximate surface area is 198 Å². The third-order valence-corrected chi connectivity index (χ3v) is 6.00. The third kappa shape index (κ3) is 11.9. The highest BCUT2D eigenvalue weighted by atomic mass is 16.3. The number of nitrogens with one attached hydrogen (secondary N) is 6. The van der Waals surface area contributed by atoms with Crippen LogP contribution < -0.4 is 31.9 Å². The molecule has 0 bridgehead atoms. The SMILES string of the molecule is C=CC(=O)NCCNC(=O)CC(C(O)CN1CCNCCNCC1)N1CCNCCNCC1. The first-order chi connectivity index (χ1) is 16.1. The van der Waals surface area contributed by atoms with E-state index in [0.717, 1.165) is 78.5 Å². The second-order valence-corrected chi connectivity index (χ2v) is 8.52. The number of nitrogens with zero attached hydrogens (tertiary/aromatic N) is 2. The van der Waals surface area contributed by atoms with Crippen LogP contribution in [0.1, 0.15) is 6.42 Å². The van der Waals surface area contributed by atoms with Crippen LogP contribution in [-0.4, -0.2) is 137 Å². The molecule has 0 aromatic rings. The molecule has 0 spiro atoms. The topological polar surface area (TPSA) is 133 Å². The molecule has 7 N–H and O–H groups in total. The first-order valence-corrected chi connectivity index (χ1v) is 12.2. The maximum Gasteiger partial charge on any atom is 0.243 e. The molecule has 2 saturated heterocycles. The van der Waals surface area contributed by atoms with Gasteiger partial charge in [0, 0.05) is 111 Å². The van der Waals surface area contributed by atoms with Crippen molar-refractivity contribution in [1.82, 2.24) is 41.7 Å². The molecule has 33 heavy (non-hydrogen) atoms. The Kier molecular flexibility index (Phi) is 14.2. The van der Waals surface area contributed by atoms with Gasteiger partial charge in [-0.2, -0.15) is 0 Å². The van der Waals surface area contributed by atoms with Crippen LogP contribution in [0.15, 0.2) is 12.7 Å². The highest BCUT2D eigenvalue weighted by molar-refractivity contribution is 5.86. The Morgan fingerprint density at radius 3 is 1.91 bits per heavy atom. The van der Waals surface area contributed by atoms with E-state index < -0.39 is 6.10 Å². The van der Waals surface area contributed by atoms with Gasteiger partial charge < -0.3 is 37.0 Å². The summed E-state index contributed by atoms with van der Waals surface area (Å²) in [7, 11) is 0. The number of carbonyl (C=O) groups is 2. The summed E-state index contributed by atoms with van der Waals surface area (Å²) in [6.45, 7) is 15.0. The average Bonchev–Trinajstić information content (AvgIpc) is 3.03. The largest absolute Gasteiger partial charge is 0.390 e. The first-order valence-electron chi connectivity index (χ1n) is 12.2. The number of hydrogen-bond donors (Lipinski definition) is 7. The van der Waals surface area contributed by atoms with Gasteiger partial charge in [-0.3, -0.25) is 19.4 Å². The van der Waals surface area contributed by atoms with Gasteiger partial charge in [-0.05, 0) is 6.08 Å². The Hall–Kier alpha value is -1.60. The van der Waals surface area contributed by atoms with Crippen LogP contribution >= 0.6 is 0 Å². The standard InChI is InChI=1S/C22H44N8O3/c1-2-21(32)27-7-8-28-22(33)17-19(30-15-11-25-5-6-26-12-16-30)20(31)18-29-13-9-23-3-4-24-10-14-29/h2,19-20,23-26,31H,1,3-18H2,(H,27,32)(H,28,33). The van der Waals surface area contributed by atoms with Gasteiger partial charge in [-0.25, -0.2) is 0 Å². The molecule has 2 aliphatic rings. The first kappa shape index (κ1) is 27.6. The van der Waals surface area contributed by atoms with E-state index in [1.807, 2.05) is 0 Å². The van der Waals surface area contributed by atoms with Gasteiger partial charge in [0.05, 0.1) is 6.10 Å². The van der Waals surface area contributed by atoms with Gasteiger partial charge in [0.15, 0.2) is 0 Å². The van der Waals surface area contributed by atoms with E-state index in [4.69, 9.17) is 0 Å². The van der Waals surface area contributed by atoms with Gasteiger partial charge in [0.1, 0.15) is 0 Å². The average molecular weight is 469 g/mol. The molecule has 0 aromatic carbocycles. The van der Waals surface area contributed by atoms with Crippen molar-refractivity contribution >= 4 is 11.8 Å². The van der Waals surface area contributed by atoms with E-state index in [0.29, 0.717) is 19.6 Å². The molecule has 11 heteroatoms. The lowest BCUT2D eigenvalue weighted by molar-refractivity contribution is -0.124. The fourth-order valence-electron chi connectivity index (χ4n) is 4.13. The highest BCUT2D eigenvalue weighted by Crippen LogP contribution is 2.12. The molecular weight excluding hydrogens is 424 g/mol. The van der Waals surface area contributed by atoms with Crippen LogP contribution in [0.4, 0.5) is 0 Å². The van der Waals surface area contributed by atoms with E-state index in [1.165, 1.54) is 6.08 Å². The van der Waals surface area contributed by atoms with E-state index in [2.05, 4.69) is 48.3 Å². The van der Waals surface area contributed by atoms with E-state index in [9.17, 15) is 14.7 Å². The summed E-state index contributed by atoms with van der Waals surface area (Å²) >= 11 is 0. The van der Waals surface area contributed by atoms with Crippen LogP contribution in [0.3, 0.4) is 0 Å². The predicted octanol–water partition coefficient (Wildman–Crippen LogP) is -3.49. The number of aliphatic hydroxyl groups is 1. The smallest absolute Gasteiger partial charge is 0.243 e. The fraction of sp³-hybridized carbons (Fsp3) is 0.818. The van der Waals surface area contributed by atoms with Crippen molar-refractivity contribution in [2.24, 2.45) is 0 Å². The number of aliphatic hydroxyl groups excluding tert-OH is 1. The third-order valence-electron chi connectivity index (χ3n) is 6.00. The summed E-state index contributed by atoms with van der Waals surface area (Å²) in [5.41, 5.74) is 0. The molecule has 2 fully saturated rings. The number of amides is 2. The van der Waals surface area contributed by atoms with Gasteiger partial charge >= 0.3 is 0 Å². The number of carbonyl (C=O) groups excluding carboxylic acids is 2. The highest BCUT2D eigenvalue weighted by Gasteiger charge is 2.29. The number of hydrogen-bond acceptors (Lipinski definition) is 9. The molecule has 0 radical (unpaired) electrons. The minimum atomic E-state index is -0.655. The summed E-state index contributed by atoms with van der Waals surface area (Å²) < 4.78 is 0. The molecule has 190 valence electrons. The molecule has 11 nitrogen and oxygen atoms in total. The molecule has 2 rings (SSSR count). The Morgan fingerprint density at radius 1 is 0.848 bits per heavy atom. The monoisotopic (exact) mass is 468 g/mol. The quantitative estimate of drug-likeness (QED) is 0.129. The summed E-state index contributed by atoms with van der Waals surface area (Å²) in [6.07, 6.45) is 0.761. The Morgan fingerprint density at radius 2 is 1.36 bits per heavy atom. The van der Waals surface area contributed by atoms with Crippen LogP contribution in [0.25, 0.3) is 0 Å². The van der Waals surface area contributed by atoms with Crippen molar-refractivity contribution in [3.05, 3.63) is 12.7 Å². The van der Waals surface area contributed by atoms with Crippen molar-refractivity contribution in [2.45, 2.75) is 18.6 Å². The second kappa shape index (κ2) is 16.9. The lowest BCUT2D eigenvalue weighted by Crippen LogP contribution is -2.53. The Balaban J connectivity index is 1.97. The Bertz CT molecular complexity index is 560. The maximum absolute atomic E-state index is 12.7. The molecule has 0 saturated carbocycles. The van der Waals surface area contributed by atoms with Gasteiger partial charge in [0.25, 0.3) is 0 Å². The zero-order valence-electron chi connectivity index (χ0n) is 19.9. The van der Waals surface area contributed by atoms with E-state index in [-0.39, 0.29) is 24.3 Å². The van der Waals surface area contributed by atoms with Crippen molar-refractivity contribution in [3.63, 3.8) is 0 Å². The summed E-state index contributed by atoms with van der Waals surface area (Å²) in [6, 6.07) is -0.289. The molecule has 2 amide bonds. The lowest BCUT2D eigenvalue weighted by atomic mass is 10.0. The van der Waals surface area contributed by atoms with Gasteiger partial charge in [0.2, 0.25) is 11.8 Å². The number of rotatable bonds is 10. The lowest BCUT2D eigenvalue weighted by Gasteiger charge is -2.36. The van der Waals surface area contributed by atoms with Crippen molar-refractivity contribution < 1.29 is 14.7 Å². The minimum Gasteiger partial charge on any atom is -0.390 e. The van der Waals surface area contributed by atoms with Crippen LogP contribution in [0, 0.1) is 0 Å². The molecular formula is C22H44N8O3. The van der Waals surface area contributed by atoms with Crippen LogP contribution in [-0.2, 0) is 9.59 Å². The summed E-state index contributed by atoms with van der Waals surface area (Å²) in [5, 5.41) is 30.4. The zero-order valence-corrected chi connectivity index (χ0v) is 19.9. The molecule has 0 aliphatic carbocycles.